The zero-order valence-electron chi connectivity index (χ0n) is 16.8. The van der Waals surface area contributed by atoms with E-state index in [2.05, 4.69) is 5.32 Å². The van der Waals surface area contributed by atoms with E-state index in [1.807, 2.05) is 30.3 Å². The molecule has 162 valence electrons. The predicted octanol–water partition coefficient (Wildman–Crippen LogP) is 1.57. The highest BCUT2D eigenvalue weighted by atomic mass is 32.2. The van der Waals surface area contributed by atoms with Gasteiger partial charge in [0.1, 0.15) is 18.3 Å². The van der Waals surface area contributed by atoms with Gasteiger partial charge < -0.3 is 20.1 Å². The summed E-state index contributed by atoms with van der Waals surface area (Å²) >= 11 is 0.925. The van der Waals surface area contributed by atoms with Crippen molar-refractivity contribution in [1.29, 1.82) is 0 Å². The van der Waals surface area contributed by atoms with Crippen LogP contribution in [0.15, 0.2) is 30.3 Å². The fraction of sp³-hybridized carbons (Fsp3) is 0.524. The number of carboxylic acid groups (broad SMARTS) is 1. The monoisotopic (exact) mass is 434 g/mol. The second kappa shape index (κ2) is 10.1. The minimum atomic E-state index is -1.07. The van der Waals surface area contributed by atoms with Crippen LogP contribution in [-0.4, -0.2) is 63.1 Å². The summed E-state index contributed by atoms with van der Waals surface area (Å²) in [6.07, 6.45) is 1.62. The van der Waals surface area contributed by atoms with Crippen molar-refractivity contribution in [3.63, 3.8) is 0 Å². The second-order valence-electron chi connectivity index (χ2n) is 7.49. The van der Waals surface area contributed by atoms with Gasteiger partial charge in [0.25, 0.3) is 0 Å². The van der Waals surface area contributed by atoms with E-state index >= 15 is 0 Å². The molecule has 3 rings (SSSR count). The molecule has 2 aliphatic rings. The normalized spacial score (nSPS) is 25.0. The lowest BCUT2D eigenvalue weighted by molar-refractivity contribution is -0.167. The molecule has 4 atom stereocenters. The number of ether oxygens (including phenoxy) is 1. The molecule has 2 N–H and O–H groups in total. The number of aliphatic carboxylic acids is 1. The molecule has 8 nitrogen and oxygen atoms in total. The van der Waals surface area contributed by atoms with Crippen LogP contribution in [0.25, 0.3) is 0 Å². The van der Waals surface area contributed by atoms with Crippen molar-refractivity contribution in [2.24, 2.45) is 0 Å². The fourth-order valence-electron chi connectivity index (χ4n) is 3.91. The van der Waals surface area contributed by atoms with Gasteiger partial charge in [-0.25, -0.2) is 4.79 Å². The van der Waals surface area contributed by atoms with Crippen LogP contribution < -0.4 is 5.32 Å². The topological polar surface area (TPSA) is 113 Å². The number of fused-ring (bicyclic) bond motifs is 1. The Hall–Kier alpha value is -2.39. The van der Waals surface area contributed by atoms with Crippen molar-refractivity contribution in [1.82, 2.24) is 10.2 Å². The summed E-state index contributed by atoms with van der Waals surface area (Å²) in [5, 5.41) is 11.4. The van der Waals surface area contributed by atoms with Gasteiger partial charge in [0.05, 0.1) is 11.9 Å². The number of carbonyl (C=O) groups excluding carboxylic acids is 3. The largest absolute Gasteiger partial charge is 0.480 e. The minimum Gasteiger partial charge on any atom is -0.480 e. The number of benzene rings is 1. The first-order chi connectivity index (χ1) is 14.4. The summed E-state index contributed by atoms with van der Waals surface area (Å²) in [6.45, 7) is 1.64. The predicted molar refractivity (Wildman–Crippen MR) is 111 cm³/mol. The second-order valence-corrected chi connectivity index (χ2v) is 8.87. The number of amides is 2. The van der Waals surface area contributed by atoms with E-state index in [-0.39, 0.29) is 18.1 Å². The molecular weight excluding hydrogens is 408 g/mol. The summed E-state index contributed by atoms with van der Waals surface area (Å²) in [7, 11) is 0. The number of nitrogens with zero attached hydrogens (tertiary/aromatic N) is 1. The van der Waals surface area contributed by atoms with Gasteiger partial charge in [-0.15, -0.1) is 0 Å². The molecule has 2 fully saturated rings. The molecule has 2 aliphatic heterocycles. The van der Waals surface area contributed by atoms with Crippen LogP contribution in [0.1, 0.15) is 38.2 Å². The third-order valence-electron chi connectivity index (χ3n) is 5.31. The Labute approximate surface area is 179 Å². The van der Waals surface area contributed by atoms with E-state index in [1.165, 1.54) is 11.8 Å². The summed E-state index contributed by atoms with van der Waals surface area (Å²) in [5.74, 6) is -1.93. The van der Waals surface area contributed by atoms with Crippen LogP contribution in [0.5, 0.6) is 0 Å². The van der Waals surface area contributed by atoms with Gasteiger partial charge in [-0.3, -0.25) is 14.4 Å². The van der Waals surface area contributed by atoms with E-state index < -0.39 is 41.3 Å². The number of thioether (sulfide) groups is 1. The Morgan fingerprint density at radius 1 is 1.23 bits per heavy atom. The van der Waals surface area contributed by atoms with E-state index in [9.17, 15) is 24.3 Å². The van der Waals surface area contributed by atoms with Crippen molar-refractivity contribution in [3.05, 3.63) is 35.9 Å². The molecule has 2 saturated heterocycles. The number of rotatable bonds is 6. The zero-order chi connectivity index (χ0) is 21.7. The van der Waals surface area contributed by atoms with Gasteiger partial charge in [0.15, 0.2) is 5.12 Å². The van der Waals surface area contributed by atoms with Gasteiger partial charge in [-0.1, -0.05) is 42.1 Å². The van der Waals surface area contributed by atoms with Gasteiger partial charge in [0.2, 0.25) is 11.8 Å². The van der Waals surface area contributed by atoms with Crippen LogP contribution in [0.2, 0.25) is 0 Å². The maximum absolute atomic E-state index is 13.1. The molecule has 2 amide bonds. The van der Waals surface area contributed by atoms with Crippen LogP contribution >= 0.6 is 11.8 Å². The molecule has 0 spiro atoms. The van der Waals surface area contributed by atoms with Crippen molar-refractivity contribution < 1.29 is 29.0 Å². The standard InChI is InChI=1S/C21H26N2O6S/c1-13(24)30-17(12-14-6-3-2-4-7-14)19(25)22-15-10-11-29-18-9-5-8-16(21(27)28)23(18)20(15)26/h2-4,6-7,15-18H,5,8-12H2,1H3,(H,22,25)(H,27,28)/t15-,16-,17+,18-/m0/s1. The highest BCUT2D eigenvalue weighted by Gasteiger charge is 2.43. The van der Waals surface area contributed by atoms with E-state index in [0.29, 0.717) is 25.7 Å². The highest BCUT2D eigenvalue weighted by Crippen LogP contribution is 2.28. The summed E-state index contributed by atoms with van der Waals surface area (Å²) < 4.78 is 5.72. The molecule has 0 bridgehead atoms. The Bertz CT molecular complexity index is 802. The number of hydrogen-bond acceptors (Lipinski definition) is 6. The number of hydrogen-bond donors (Lipinski definition) is 2. The quantitative estimate of drug-likeness (QED) is 0.699. The molecule has 0 aliphatic carbocycles. The molecule has 0 radical (unpaired) electrons. The first kappa shape index (κ1) is 22.3. The smallest absolute Gasteiger partial charge is 0.326 e. The maximum Gasteiger partial charge on any atom is 0.326 e. The van der Waals surface area contributed by atoms with Crippen molar-refractivity contribution in [2.45, 2.75) is 62.6 Å². The lowest BCUT2D eigenvalue weighted by atomic mass is 9.99. The van der Waals surface area contributed by atoms with Crippen molar-refractivity contribution >= 4 is 34.7 Å². The number of piperidine rings is 1. The van der Waals surface area contributed by atoms with Crippen LogP contribution in [0.4, 0.5) is 0 Å². The van der Waals surface area contributed by atoms with Gasteiger partial charge >= 0.3 is 5.97 Å². The first-order valence-corrected chi connectivity index (χ1v) is 10.9. The average molecular weight is 435 g/mol. The van der Waals surface area contributed by atoms with E-state index in [4.69, 9.17) is 4.74 Å². The number of carboxylic acids is 1. The van der Waals surface area contributed by atoms with E-state index in [0.717, 1.165) is 17.3 Å². The SMILES string of the molecule is CC(=O)S[C@H](Cc1ccccc1)C(=O)N[C@H]1CCO[C@H]2CCC[C@@H](C(=O)O)N2C1=O. The van der Waals surface area contributed by atoms with Crippen molar-refractivity contribution in [2.75, 3.05) is 6.61 Å². The molecule has 1 aromatic rings. The van der Waals surface area contributed by atoms with Crippen LogP contribution in [-0.2, 0) is 30.3 Å². The third kappa shape index (κ3) is 5.40. The molecule has 9 heteroatoms. The zero-order valence-corrected chi connectivity index (χ0v) is 17.6. The average Bonchev–Trinajstić information content (AvgIpc) is 2.87. The molecule has 0 saturated carbocycles. The Balaban J connectivity index is 1.74. The van der Waals surface area contributed by atoms with Crippen molar-refractivity contribution in [3.8, 4) is 0 Å². The molecule has 30 heavy (non-hydrogen) atoms. The summed E-state index contributed by atoms with van der Waals surface area (Å²) in [4.78, 5) is 50.7. The Morgan fingerprint density at radius 3 is 2.63 bits per heavy atom. The van der Waals surface area contributed by atoms with Gasteiger partial charge in [-0.05, 0) is 31.2 Å². The summed E-state index contributed by atoms with van der Waals surface area (Å²) in [6, 6.07) is 7.50. The molecule has 0 unspecified atom stereocenters. The molecule has 1 aromatic carbocycles. The number of carbonyl (C=O) groups is 4. The molecular formula is C21H26N2O6S. The highest BCUT2D eigenvalue weighted by molar-refractivity contribution is 8.14. The molecule has 0 aromatic heterocycles. The lowest BCUT2D eigenvalue weighted by Gasteiger charge is -2.39. The van der Waals surface area contributed by atoms with Crippen LogP contribution in [0.3, 0.4) is 0 Å². The third-order valence-corrected chi connectivity index (χ3v) is 6.31. The van der Waals surface area contributed by atoms with Gasteiger partial charge in [0, 0.05) is 13.3 Å². The lowest BCUT2D eigenvalue weighted by Crippen LogP contribution is -2.58. The van der Waals surface area contributed by atoms with E-state index in [1.54, 1.807) is 0 Å². The molecule has 2 heterocycles. The van der Waals surface area contributed by atoms with Gasteiger partial charge in [-0.2, -0.15) is 0 Å². The van der Waals surface area contributed by atoms with Crippen LogP contribution in [0, 0.1) is 0 Å². The maximum atomic E-state index is 13.1. The fourth-order valence-corrected chi connectivity index (χ4v) is 4.76. The first-order valence-electron chi connectivity index (χ1n) is 10.0. The Kier molecular flexibility index (Phi) is 7.49. The number of nitrogens with one attached hydrogen (secondary N) is 1. The Morgan fingerprint density at radius 2 is 1.97 bits per heavy atom. The summed E-state index contributed by atoms with van der Waals surface area (Å²) in [5.41, 5.74) is 0.906. The minimum absolute atomic E-state index is 0.191.